The fraction of sp³-hybridized carbons (Fsp3) is 0.533. The second-order valence-corrected chi connectivity index (χ2v) is 5.15. The third kappa shape index (κ3) is 4.73. The van der Waals surface area contributed by atoms with Gasteiger partial charge in [-0.3, -0.25) is 9.59 Å². The van der Waals surface area contributed by atoms with Crippen LogP contribution in [0.15, 0.2) is 18.3 Å². The van der Waals surface area contributed by atoms with E-state index >= 15 is 0 Å². The first-order valence-corrected chi connectivity index (χ1v) is 7.47. The number of aromatic nitrogens is 1. The summed E-state index contributed by atoms with van der Waals surface area (Å²) < 4.78 is 0. The van der Waals surface area contributed by atoms with Crippen molar-refractivity contribution in [2.75, 3.05) is 25.0 Å². The van der Waals surface area contributed by atoms with Crippen LogP contribution in [0.1, 0.15) is 36.5 Å². The lowest BCUT2D eigenvalue weighted by atomic mass is 10.2. The minimum Gasteiger partial charge on any atom is -0.369 e. The fourth-order valence-electron chi connectivity index (χ4n) is 1.92. The maximum Gasteiger partial charge on any atom is 0.255 e. The molecular weight excluding hydrogens is 268 g/mol. The lowest BCUT2D eigenvalue weighted by molar-refractivity contribution is -0.122. The molecule has 0 saturated heterocycles. The summed E-state index contributed by atoms with van der Waals surface area (Å²) in [4.78, 5) is 27.7. The Morgan fingerprint density at radius 2 is 2.00 bits per heavy atom. The van der Waals surface area contributed by atoms with Crippen molar-refractivity contribution in [3.63, 3.8) is 0 Å². The molecule has 1 aliphatic carbocycles. The van der Waals surface area contributed by atoms with E-state index in [1.165, 1.54) is 0 Å². The zero-order chi connectivity index (χ0) is 15.1. The maximum absolute atomic E-state index is 12.1. The smallest absolute Gasteiger partial charge is 0.255 e. The first kappa shape index (κ1) is 15.3. The molecule has 0 bridgehead atoms. The minimum absolute atomic E-state index is 0.0935. The van der Waals surface area contributed by atoms with Gasteiger partial charge >= 0.3 is 0 Å². The molecule has 1 aliphatic rings. The van der Waals surface area contributed by atoms with E-state index in [-0.39, 0.29) is 17.7 Å². The Morgan fingerprint density at radius 3 is 2.71 bits per heavy atom. The van der Waals surface area contributed by atoms with Crippen LogP contribution in [0.4, 0.5) is 5.82 Å². The van der Waals surface area contributed by atoms with Gasteiger partial charge in [0.2, 0.25) is 5.91 Å². The molecule has 3 N–H and O–H groups in total. The molecule has 0 aliphatic heterocycles. The van der Waals surface area contributed by atoms with Crippen LogP contribution in [0.5, 0.6) is 0 Å². The van der Waals surface area contributed by atoms with Gasteiger partial charge in [0.15, 0.2) is 0 Å². The number of rotatable bonds is 8. The van der Waals surface area contributed by atoms with Crippen LogP contribution in [0, 0.1) is 5.92 Å². The van der Waals surface area contributed by atoms with E-state index in [9.17, 15) is 9.59 Å². The van der Waals surface area contributed by atoms with Crippen molar-refractivity contribution >= 4 is 17.6 Å². The predicted octanol–water partition coefficient (Wildman–Crippen LogP) is 1.16. The van der Waals surface area contributed by atoms with Crippen LogP contribution in [0.2, 0.25) is 0 Å². The zero-order valence-corrected chi connectivity index (χ0v) is 12.3. The molecule has 0 spiro atoms. The summed E-state index contributed by atoms with van der Waals surface area (Å²) in [5.74, 6) is 0.709. The summed E-state index contributed by atoms with van der Waals surface area (Å²) in [6.45, 7) is 3.70. The lowest BCUT2D eigenvalue weighted by Crippen LogP contribution is -2.35. The standard InChI is InChI=1S/C15H22N4O2/c1-2-7-16-13-12(4-3-8-17-13)15(21)19-10-9-18-14(20)11-5-6-11/h3-4,8,11H,2,5-7,9-10H2,1H3,(H,16,17)(H,18,20)(H,19,21). The number of pyridine rings is 1. The molecule has 6 heteroatoms. The Bertz CT molecular complexity index is 500. The molecule has 1 heterocycles. The SMILES string of the molecule is CCCNc1ncccc1C(=O)NCCNC(=O)C1CC1. The number of nitrogens with one attached hydrogen (secondary N) is 3. The average Bonchev–Trinajstić information content (AvgIpc) is 3.34. The Morgan fingerprint density at radius 1 is 1.24 bits per heavy atom. The van der Waals surface area contributed by atoms with Gasteiger partial charge in [-0.25, -0.2) is 4.98 Å². The second kappa shape index (κ2) is 7.61. The van der Waals surface area contributed by atoms with Crippen molar-refractivity contribution in [1.29, 1.82) is 0 Å². The van der Waals surface area contributed by atoms with E-state index in [1.807, 2.05) is 0 Å². The van der Waals surface area contributed by atoms with Crippen LogP contribution in [-0.2, 0) is 4.79 Å². The molecule has 0 unspecified atom stereocenters. The molecule has 0 atom stereocenters. The van der Waals surface area contributed by atoms with Crippen LogP contribution in [0.25, 0.3) is 0 Å². The third-order valence-corrected chi connectivity index (χ3v) is 3.25. The van der Waals surface area contributed by atoms with Gasteiger partial charge in [0, 0.05) is 31.7 Å². The van der Waals surface area contributed by atoms with E-state index in [4.69, 9.17) is 0 Å². The largest absolute Gasteiger partial charge is 0.369 e. The topological polar surface area (TPSA) is 83.1 Å². The van der Waals surface area contributed by atoms with Gasteiger partial charge < -0.3 is 16.0 Å². The molecule has 2 amide bonds. The number of carbonyl (C=O) groups is 2. The molecule has 0 radical (unpaired) electrons. The molecule has 1 fully saturated rings. The van der Waals surface area contributed by atoms with Gasteiger partial charge in [0.1, 0.15) is 5.82 Å². The Hall–Kier alpha value is -2.11. The number of hydrogen-bond acceptors (Lipinski definition) is 4. The molecule has 6 nitrogen and oxygen atoms in total. The summed E-state index contributed by atoms with van der Waals surface area (Å²) in [6.07, 6.45) is 4.59. The number of anilines is 1. The molecular formula is C15H22N4O2. The van der Waals surface area contributed by atoms with Gasteiger partial charge in [0.25, 0.3) is 5.91 Å². The molecule has 0 aromatic carbocycles. The summed E-state index contributed by atoms with van der Waals surface area (Å²) >= 11 is 0. The van der Waals surface area contributed by atoms with Crippen LogP contribution in [-0.4, -0.2) is 36.4 Å². The first-order valence-electron chi connectivity index (χ1n) is 7.47. The van der Waals surface area contributed by atoms with Crippen molar-refractivity contribution in [2.45, 2.75) is 26.2 Å². The number of nitrogens with zero attached hydrogens (tertiary/aromatic N) is 1. The molecule has 1 saturated carbocycles. The number of carbonyl (C=O) groups excluding carboxylic acids is 2. The van der Waals surface area contributed by atoms with E-state index < -0.39 is 0 Å². The molecule has 2 rings (SSSR count). The number of hydrogen-bond donors (Lipinski definition) is 3. The van der Waals surface area contributed by atoms with E-state index in [0.29, 0.717) is 24.5 Å². The molecule has 114 valence electrons. The highest BCUT2D eigenvalue weighted by Crippen LogP contribution is 2.28. The zero-order valence-electron chi connectivity index (χ0n) is 12.3. The van der Waals surface area contributed by atoms with Crippen LogP contribution in [0.3, 0.4) is 0 Å². The Kier molecular flexibility index (Phi) is 5.54. The normalized spacial score (nSPS) is 13.6. The van der Waals surface area contributed by atoms with Crippen molar-refractivity contribution < 1.29 is 9.59 Å². The van der Waals surface area contributed by atoms with E-state index in [2.05, 4.69) is 27.9 Å². The quantitative estimate of drug-likeness (QED) is 0.627. The van der Waals surface area contributed by atoms with Crippen molar-refractivity contribution in [3.8, 4) is 0 Å². The monoisotopic (exact) mass is 290 g/mol. The van der Waals surface area contributed by atoms with Gasteiger partial charge in [-0.05, 0) is 31.4 Å². The lowest BCUT2D eigenvalue weighted by Gasteiger charge is -2.11. The van der Waals surface area contributed by atoms with Crippen molar-refractivity contribution in [3.05, 3.63) is 23.9 Å². The average molecular weight is 290 g/mol. The number of amides is 2. The fourth-order valence-corrected chi connectivity index (χ4v) is 1.92. The maximum atomic E-state index is 12.1. The molecule has 1 aromatic heterocycles. The third-order valence-electron chi connectivity index (χ3n) is 3.25. The Balaban J connectivity index is 1.78. The molecule has 21 heavy (non-hydrogen) atoms. The highest BCUT2D eigenvalue weighted by atomic mass is 16.2. The minimum atomic E-state index is -0.178. The van der Waals surface area contributed by atoms with Gasteiger partial charge in [-0.15, -0.1) is 0 Å². The van der Waals surface area contributed by atoms with E-state index in [0.717, 1.165) is 25.8 Å². The predicted molar refractivity (Wildman–Crippen MR) is 81.1 cm³/mol. The van der Waals surface area contributed by atoms with E-state index in [1.54, 1.807) is 18.3 Å². The van der Waals surface area contributed by atoms with Crippen molar-refractivity contribution in [1.82, 2.24) is 15.6 Å². The van der Waals surface area contributed by atoms with Gasteiger partial charge in [-0.2, -0.15) is 0 Å². The van der Waals surface area contributed by atoms with Crippen molar-refractivity contribution in [2.24, 2.45) is 5.92 Å². The van der Waals surface area contributed by atoms with Gasteiger partial charge in [0.05, 0.1) is 5.56 Å². The van der Waals surface area contributed by atoms with Crippen LogP contribution >= 0.6 is 0 Å². The highest BCUT2D eigenvalue weighted by molar-refractivity contribution is 5.98. The summed E-state index contributed by atoms with van der Waals surface area (Å²) in [5, 5.41) is 8.75. The summed E-state index contributed by atoms with van der Waals surface area (Å²) in [6, 6.07) is 3.48. The highest BCUT2D eigenvalue weighted by Gasteiger charge is 2.29. The van der Waals surface area contributed by atoms with Crippen LogP contribution < -0.4 is 16.0 Å². The first-order chi connectivity index (χ1) is 10.2. The summed E-state index contributed by atoms with van der Waals surface area (Å²) in [7, 11) is 0. The molecule has 1 aromatic rings. The second-order valence-electron chi connectivity index (χ2n) is 5.15. The summed E-state index contributed by atoms with van der Waals surface area (Å²) in [5.41, 5.74) is 0.527. The van der Waals surface area contributed by atoms with Gasteiger partial charge in [-0.1, -0.05) is 6.92 Å². The Labute approximate surface area is 124 Å².